The number of ether oxygens (including phenoxy) is 1. The summed E-state index contributed by atoms with van der Waals surface area (Å²) < 4.78 is 4.56. The summed E-state index contributed by atoms with van der Waals surface area (Å²) in [6, 6.07) is 0. The molecule has 70 valence electrons. The van der Waals surface area contributed by atoms with Gasteiger partial charge >= 0.3 is 5.97 Å². The van der Waals surface area contributed by atoms with Gasteiger partial charge in [-0.2, -0.15) is 0 Å². The van der Waals surface area contributed by atoms with E-state index in [0.29, 0.717) is 13.1 Å². The Hall–Kier alpha value is -1.06. The van der Waals surface area contributed by atoms with Crippen LogP contribution in [0.4, 0.5) is 0 Å². The van der Waals surface area contributed by atoms with Gasteiger partial charge in [-0.25, -0.2) is 0 Å². The Labute approximate surface area is 72.5 Å². The van der Waals surface area contributed by atoms with Crippen LogP contribution in [0, 0.1) is 0 Å². The van der Waals surface area contributed by atoms with E-state index in [9.17, 15) is 9.59 Å². The van der Waals surface area contributed by atoms with Crippen LogP contribution in [0.2, 0.25) is 0 Å². The van der Waals surface area contributed by atoms with E-state index in [-0.39, 0.29) is 12.5 Å². The normalized spacial score (nSPS) is 9.25. The van der Waals surface area contributed by atoms with Gasteiger partial charge < -0.3 is 9.64 Å². The second-order valence-corrected chi connectivity index (χ2v) is 2.35. The highest BCUT2D eigenvalue weighted by Gasteiger charge is 2.09. The molecule has 0 fully saturated rings. The molecule has 4 heteroatoms. The highest BCUT2D eigenvalue weighted by molar-refractivity contribution is 5.79. The average Bonchev–Trinajstić information content (AvgIpc) is 2.03. The fraction of sp³-hybridized carbons (Fsp3) is 0.750. The van der Waals surface area contributed by atoms with Crippen LogP contribution in [-0.2, 0) is 14.3 Å². The molecule has 0 heterocycles. The molecule has 0 aliphatic heterocycles. The van der Waals surface area contributed by atoms with Gasteiger partial charge in [0, 0.05) is 20.0 Å². The Kier molecular flexibility index (Phi) is 5.08. The molecule has 0 rings (SSSR count). The molecule has 0 spiro atoms. The molecular weight excluding hydrogens is 158 g/mol. The third-order valence-corrected chi connectivity index (χ3v) is 1.52. The molecule has 0 saturated carbocycles. The number of nitrogens with zero attached hydrogens (tertiary/aromatic N) is 1. The first-order valence-electron chi connectivity index (χ1n) is 4.02. The molecule has 0 aliphatic rings. The standard InChI is InChI=1S/C8H15NO3/c1-4-9(5-2)8(11)6-12-7(3)10/h4-6H2,1-3H3. The van der Waals surface area contributed by atoms with E-state index in [0.717, 1.165) is 0 Å². The monoisotopic (exact) mass is 173 g/mol. The number of amides is 1. The van der Waals surface area contributed by atoms with Crippen molar-refractivity contribution < 1.29 is 14.3 Å². The predicted octanol–water partition coefficient (Wildman–Crippen LogP) is 0.418. The molecule has 0 aliphatic carbocycles. The smallest absolute Gasteiger partial charge is 0.303 e. The van der Waals surface area contributed by atoms with Crippen molar-refractivity contribution in [1.29, 1.82) is 0 Å². The number of carbonyl (C=O) groups excluding carboxylic acids is 2. The Bertz CT molecular complexity index is 164. The van der Waals surface area contributed by atoms with Gasteiger partial charge in [-0.3, -0.25) is 9.59 Å². The fourth-order valence-corrected chi connectivity index (χ4v) is 0.831. The molecule has 0 aromatic heterocycles. The molecule has 0 aromatic rings. The summed E-state index contributed by atoms with van der Waals surface area (Å²) >= 11 is 0. The third kappa shape index (κ3) is 3.95. The minimum atomic E-state index is -0.421. The average molecular weight is 173 g/mol. The number of hydrogen-bond donors (Lipinski definition) is 0. The molecule has 0 bridgehead atoms. The van der Waals surface area contributed by atoms with Crippen LogP contribution in [0.1, 0.15) is 20.8 Å². The van der Waals surface area contributed by atoms with Gasteiger partial charge in [-0.05, 0) is 13.8 Å². The van der Waals surface area contributed by atoms with E-state index < -0.39 is 5.97 Å². The van der Waals surface area contributed by atoms with Crippen molar-refractivity contribution in [2.24, 2.45) is 0 Å². The molecule has 1 amide bonds. The number of carbonyl (C=O) groups is 2. The van der Waals surface area contributed by atoms with Crippen LogP contribution in [0.5, 0.6) is 0 Å². The minimum absolute atomic E-state index is 0.142. The summed E-state index contributed by atoms with van der Waals surface area (Å²) in [4.78, 5) is 23.1. The molecule has 0 aromatic carbocycles. The first-order valence-corrected chi connectivity index (χ1v) is 4.02. The summed E-state index contributed by atoms with van der Waals surface area (Å²) in [5.41, 5.74) is 0. The summed E-state index contributed by atoms with van der Waals surface area (Å²) in [6.45, 7) is 6.21. The first-order chi connectivity index (χ1) is 5.61. The summed E-state index contributed by atoms with van der Waals surface area (Å²) in [5.74, 6) is -0.564. The fourth-order valence-electron chi connectivity index (χ4n) is 0.831. The summed E-state index contributed by atoms with van der Waals surface area (Å²) in [5, 5.41) is 0. The SMILES string of the molecule is CCN(CC)C(=O)COC(C)=O. The van der Waals surface area contributed by atoms with Crippen molar-refractivity contribution in [2.45, 2.75) is 20.8 Å². The minimum Gasteiger partial charge on any atom is -0.456 e. The second kappa shape index (κ2) is 5.57. The van der Waals surface area contributed by atoms with E-state index in [1.807, 2.05) is 13.8 Å². The maximum atomic E-state index is 11.2. The van der Waals surface area contributed by atoms with Crippen molar-refractivity contribution in [2.75, 3.05) is 19.7 Å². The lowest BCUT2D eigenvalue weighted by molar-refractivity contribution is -0.150. The van der Waals surface area contributed by atoms with Crippen molar-refractivity contribution >= 4 is 11.9 Å². The van der Waals surface area contributed by atoms with E-state index in [2.05, 4.69) is 4.74 Å². The van der Waals surface area contributed by atoms with Gasteiger partial charge in [0.2, 0.25) is 0 Å². The van der Waals surface area contributed by atoms with Gasteiger partial charge in [0.05, 0.1) is 0 Å². The van der Waals surface area contributed by atoms with Crippen molar-refractivity contribution in [3.05, 3.63) is 0 Å². The molecule has 12 heavy (non-hydrogen) atoms. The van der Waals surface area contributed by atoms with E-state index in [1.165, 1.54) is 6.92 Å². The highest BCUT2D eigenvalue weighted by atomic mass is 16.5. The molecule has 0 unspecified atom stereocenters. The van der Waals surface area contributed by atoms with Crippen LogP contribution in [0.3, 0.4) is 0 Å². The third-order valence-electron chi connectivity index (χ3n) is 1.52. The van der Waals surface area contributed by atoms with Crippen LogP contribution in [0.25, 0.3) is 0 Å². The zero-order valence-electron chi connectivity index (χ0n) is 7.79. The quantitative estimate of drug-likeness (QED) is 0.579. The van der Waals surface area contributed by atoms with Crippen molar-refractivity contribution in [3.63, 3.8) is 0 Å². The lowest BCUT2D eigenvalue weighted by Crippen LogP contribution is -2.34. The van der Waals surface area contributed by atoms with Crippen LogP contribution in [-0.4, -0.2) is 36.5 Å². The molecular formula is C8H15NO3. The maximum Gasteiger partial charge on any atom is 0.303 e. The van der Waals surface area contributed by atoms with E-state index in [1.54, 1.807) is 4.90 Å². The van der Waals surface area contributed by atoms with Gasteiger partial charge in [0.25, 0.3) is 5.91 Å². The Morgan fingerprint density at radius 2 is 1.75 bits per heavy atom. The Balaban J connectivity index is 3.77. The van der Waals surface area contributed by atoms with Crippen molar-refractivity contribution in [3.8, 4) is 0 Å². The maximum absolute atomic E-state index is 11.2. The van der Waals surface area contributed by atoms with Crippen LogP contribution in [0.15, 0.2) is 0 Å². The zero-order valence-corrected chi connectivity index (χ0v) is 7.79. The van der Waals surface area contributed by atoms with Gasteiger partial charge in [0.1, 0.15) is 0 Å². The molecule has 0 radical (unpaired) electrons. The van der Waals surface area contributed by atoms with Crippen LogP contribution >= 0.6 is 0 Å². The number of hydrogen-bond acceptors (Lipinski definition) is 3. The lowest BCUT2D eigenvalue weighted by atomic mass is 10.5. The highest BCUT2D eigenvalue weighted by Crippen LogP contribution is 1.89. The first kappa shape index (κ1) is 10.9. The molecule has 0 N–H and O–H groups in total. The number of esters is 1. The van der Waals surface area contributed by atoms with E-state index >= 15 is 0 Å². The van der Waals surface area contributed by atoms with Crippen molar-refractivity contribution in [1.82, 2.24) is 4.90 Å². The number of rotatable bonds is 4. The van der Waals surface area contributed by atoms with Gasteiger partial charge in [-0.15, -0.1) is 0 Å². The lowest BCUT2D eigenvalue weighted by Gasteiger charge is -2.17. The molecule has 0 saturated heterocycles. The second-order valence-electron chi connectivity index (χ2n) is 2.35. The Morgan fingerprint density at radius 1 is 1.25 bits per heavy atom. The topological polar surface area (TPSA) is 46.6 Å². The molecule has 4 nitrogen and oxygen atoms in total. The summed E-state index contributed by atoms with van der Waals surface area (Å²) in [6.07, 6.45) is 0. The Morgan fingerprint density at radius 3 is 2.08 bits per heavy atom. The van der Waals surface area contributed by atoms with Gasteiger partial charge in [-0.1, -0.05) is 0 Å². The van der Waals surface area contributed by atoms with Gasteiger partial charge in [0.15, 0.2) is 6.61 Å². The molecule has 0 atom stereocenters. The summed E-state index contributed by atoms with van der Waals surface area (Å²) in [7, 11) is 0. The van der Waals surface area contributed by atoms with E-state index in [4.69, 9.17) is 0 Å². The largest absolute Gasteiger partial charge is 0.456 e. The zero-order chi connectivity index (χ0) is 9.56. The number of likely N-dealkylation sites (N-methyl/N-ethyl adjacent to an activating group) is 1. The van der Waals surface area contributed by atoms with Crippen LogP contribution < -0.4 is 0 Å². The predicted molar refractivity (Wildman–Crippen MR) is 44.6 cm³/mol.